The molecule has 0 aliphatic heterocycles. The van der Waals surface area contributed by atoms with Crippen molar-refractivity contribution < 1.29 is 15.0 Å². The van der Waals surface area contributed by atoms with E-state index in [0.717, 1.165) is 19.8 Å². The van der Waals surface area contributed by atoms with Crippen molar-refractivity contribution in [1.29, 1.82) is 0 Å². The highest BCUT2D eigenvalue weighted by atomic mass is 35.5. The molecule has 2 N–H and O–H groups in total. The second kappa shape index (κ2) is 9.72. The molecule has 0 aliphatic rings. The molecule has 0 aromatic heterocycles. The van der Waals surface area contributed by atoms with E-state index in [9.17, 15) is 0 Å². The fourth-order valence-corrected chi connectivity index (χ4v) is 0.527. The Labute approximate surface area is 72.0 Å². The lowest BCUT2D eigenvalue weighted by Crippen LogP contribution is -1.98. The molecule has 0 spiro atoms. The Hall–Kier alpha value is -0.280. The van der Waals surface area contributed by atoms with Crippen LogP contribution in [0.2, 0.25) is 0 Å². The number of aliphatic hydroxyl groups is 1. The van der Waals surface area contributed by atoms with Gasteiger partial charge in [0.2, 0.25) is 0 Å². The van der Waals surface area contributed by atoms with Crippen LogP contribution in [0.5, 0.6) is 0 Å². The lowest BCUT2D eigenvalue weighted by molar-refractivity contribution is -0.134. The van der Waals surface area contributed by atoms with Crippen molar-refractivity contribution >= 4 is 17.6 Å². The SMILES string of the molecule is CC(=O)O.CC(O)CCCCl. The van der Waals surface area contributed by atoms with Gasteiger partial charge in [0.1, 0.15) is 0 Å². The van der Waals surface area contributed by atoms with E-state index in [1.807, 2.05) is 0 Å². The van der Waals surface area contributed by atoms with E-state index in [-0.39, 0.29) is 6.10 Å². The monoisotopic (exact) mass is 182 g/mol. The van der Waals surface area contributed by atoms with Crippen LogP contribution in [-0.4, -0.2) is 28.2 Å². The Balaban J connectivity index is 0. The molecule has 68 valence electrons. The third kappa shape index (κ3) is 41.9. The number of aliphatic carboxylic acids is 1. The molecule has 0 amide bonds. The summed E-state index contributed by atoms with van der Waals surface area (Å²) in [6.07, 6.45) is 1.56. The highest BCUT2D eigenvalue weighted by molar-refractivity contribution is 6.17. The van der Waals surface area contributed by atoms with Crippen LogP contribution in [0.1, 0.15) is 26.7 Å². The standard InChI is InChI=1S/C5H11ClO.C2H4O2/c1-5(7)3-2-4-6;1-2(3)4/h5,7H,2-4H2,1H3;1H3,(H,3,4). The van der Waals surface area contributed by atoms with Crippen LogP contribution in [0.4, 0.5) is 0 Å². The highest BCUT2D eigenvalue weighted by Gasteiger charge is 1.91. The zero-order valence-electron chi connectivity index (χ0n) is 6.88. The number of hydrogen-bond acceptors (Lipinski definition) is 2. The minimum atomic E-state index is -0.833. The van der Waals surface area contributed by atoms with Crippen molar-refractivity contribution in [1.82, 2.24) is 0 Å². The van der Waals surface area contributed by atoms with E-state index >= 15 is 0 Å². The van der Waals surface area contributed by atoms with Gasteiger partial charge in [0.15, 0.2) is 0 Å². The molecule has 11 heavy (non-hydrogen) atoms. The first-order valence-corrected chi connectivity index (χ1v) is 3.97. The minimum Gasteiger partial charge on any atom is -0.481 e. The quantitative estimate of drug-likeness (QED) is 0.650. The maximum Gasteiger partial charge on any atom is 0.300 e. The highest BCUT2D eigenvalue weighted by Crippen LogP contribution is 1.95. The van der Waals surface area contributed by atoms with Crippen LogP contribution in [0.15, 0.2) is 0 Å². The minimum absolute atomic E-state index is 0.182. The summed E-state index contributed by atoms with van der Waals surface area (Å²) < 4.78 is 0. The van der Waals surface area contributed by atoms with Gasteiger partial charge < -0.3 is 10.2 Å². The fourth-order valence-electron chi connectivity index (χ4n) is 0.373. The summed E-state index contributed by atoms with van der Waals surface area (Å²) in [6.45, 7) is 2.85. The van der Waals surface area contributed by atoms with Gasteiger partial charge in [-0.2, -0.15) is 0 Å². The third-order valence-corrected chi connectivity index (χ3v) is 1.02. The van der Waals surface area contributed by atoms with E-state index in [0.29, 0.717) is 5.88 Å². The van der Waals surface area contributed by atoms with Crippen molar-refractivity contribution in [3.05, 3.63) is 0 Å². The van der Waals surface area contributed by atoms with E-state index < -0.39 is 5.97 Å². The fraction of sp³-hybridized carbons (Fsp3) is 0.857. The van der Waals surface area contributed by atoms with Gasteiger partial charge in [0, 0.05) is 12.8 Å². The molecule has 0 aromatic carbocycles. The van der Waals surface area contributed by atoms with E-state index in [1.165, 1.54) is 0 Å². The normalized spacial score (nSPS) is 11.3. The Morgan fingerprint density at radius 1 is 1.64 bits per heavy atom. The number of halogens is 1. The topological polar surface area (TPSA) is 57.5 Å². The van der Waals surface area contributed by atoms with Crippen LogP contribution in [-0.2, 0) is 4.79 Å². The van der Waals surface area contributed by atoms with E-state index in [2.05, 4.69) is 0 Å². The van der Waals surface area contributed by atoms with Crippen molar-refractivity contribution in [3.63, 3.8) is 0 Å². The molecule has 0 heterocycles. The van der Waals surface area contributed by atoms with Crippen LogP contribution in [0.3, 0.4) is 0 Å². The molecule has 0 aromatic rings. The number of alkyl halides is 1. The largest absolute Gasteiger partial charge is 0.481 e. The summed E-state index contributed by atoms with van der Waals surface area (Å²) in [6, 6.07) is 0. The van der Waals surface area contributed by atoms with Gasteiger partial charge in [0.25, 0.3) is 5.97 Å². The van der Waals surface area contributed by atoms with Gasteiger partial charge in [-0.05, 0) is 19.8 Å². The first kappa shape index (κ1) is 13.3. The molecule has 0 saturated carbocycles. The van der Waals surface area contributed by atoms with Crippen molar-refractivity contribution in [2.45, 2.75) is 32.8 Å². The average molecular weight is 183 g/mol. The zero-order valence-corrected chi connectivity index (χ0v) is 7.64. The number of carboxylic acid groups (broad SMARTS) is 1. The van der Waals surface area contributed by atoms with Gasteiger partial charge in [-0.3, -0.25) is 4.79 Å². The smallest absolute Gasteiger partial charge is 0.300 e. The molecule has 0 rings (SSSR count). The molecule has 0 fully saturated rings. The van der Waals surface area contributed by atoms with E-state index in [4.69, 9.17) is 26.6 Å². The van der Waals surface area contributed by atoms with Crippen LogP contribution in [0, 0.1) is 0 Å². The predicted molar refractivity (Wildman–Crippen MR) is 44.9 cm³/mol. The first-order chi connectivity index (χ1) is 5.00. The molecule has 0 saturated heterocycles. The molecule has 0 bridgehead atoms. The summed E-state index contributed by atoms with van der Waals surface area (Å²) in [5.74, 6) is -0.176. The maximum atomic E-state index is 9.00. The number of aliphatic hydroxyl groups excluding tert-OH is 1. The number of carboxylic acids is 1. The van der Waals surface area contributed by atoms with Crippen LogP contribution >= 0.6 is 11.6 Å². The number of hydrogen-bond donors (Lipinski definition) is 2. The number of carbonyl (C=O) groups is 1. The van der Waals surface area contributed by atoms with Crippen molar-refractivity contribution in [3.8, 4) is 0 Å². The second-order valence-electron chi connectivity index (χ2n) is 2.20. The van der Waals surface area contributed by atoms with Gasteiger partial charge >= 0.3 is 0 Å². The molecule has 1 unspecified atom stereocenters. The Kier molecular flexibility index (Phi) is 11.8. The maximum absolute atomic E-state index is 9.00. The van der Waals surface area contributed by atoms with E-state index in [1.54, 1.807) is 6.92 Å². The molecule has 3 nitrogen and oxygen atoms in total. The average Bonchev–Trinajstić information content (AvgIpc) is 1.82. The molecular formula is C7H15ClO3. The van der Waals surface area contributed by atoms with Crippen LogP contribution in [0.25, 0.3) is 0 Å². The van der Waals surface area contributed by atoms with Crippen molar-refractivity contribution in [2.75, 3.05) is 5.88 Å². The van der Waals surface area contributed by atoms with Gasteiger partial charge in [-0.15, -0.1) is 11.6 Å². The summed E-state index contributed by atoms with van der Waals surface area (Å²) >= 11 is 5.33. The summed E-state index contributed by atoms with van der Waals surface area (Å²) in [4.78, 5) is 9.00. The Morgan fingerprint density at radius 2 is 2.00 bits per heavy atom. The van der Waals surface area contributed by atoms with Crippen LogP contribution < -0.4 is 0 Å². The third-order valence-electron chi connectivity index (χ3n) is 0.756. The summed E-state index contributed by atoms with van der Waals surface area (Å²) in [5, 5.41) is 16.0. The van der Waals surface area contributed by atoms with Crippen molar-refractivity contribution in [2.24, 2.45) is 0 Å². The van der Waals surface area contributed by atoms with Gasteiger partial charge in [-0.25, -0.2) is 0 Å². The lowest BCUT2D eigenvalue weighted by atomic mass is 10.2. The Morgan fingerprint density at radius 3 is 2.09 bits per heavy atom. The molecule has 0 radical (unpaired) electrons. The predicted octanol–water partition coefficient (Wildman–Crippen LogP) is 1.48. The number of rotatable bonds is 3. The van der Waals surface area contributed by atoms with Gasteiger partial charge in [0.05, 0.1) is 6.10 Å². The Bertz CT molecular complexity index is 89.7. The lowest BCUT2D eigenvalue weighted by Gasteiger charge is -1.97. The summed E-state index contributed by atoms with van der Waals surface area (Å²) in [5.41, 5.74) is 0. The second-order valence-corrected chi connectivity index (χ2v) is 2.58. The molecule has 4 heteroatoms. The first-order valence-electron chi connectivity index (χ1n) is 3.44. The van der Waals surface area contributed by atoms with Gasteiger partial charge in [-0.1, -0.05) is 0 Å². The molecule has 0 aliphatic carbocycles. The molecule has 1 atom stereocenters. The zero-order chi connectivity index (χ0) is 9.28. The molecular weight excluding hydrogens is 168 g/mol. The summed E-state index contributed by atoms with van der Waals surface area (Å²) in [7, 11) is 0.